The van der Waals surface area contributed by atoms with Gasteiger partial charge in [-0.05, 0) is 53.9 Å². The molecule has 0 aromatic heterocycles. The molecule has 4 nitrogen and oxygen atoms in total. The highest BCUT2D eigenvalue weighted by atomic mass is 35.5. The van der Waals surface area contributed by atoms with Crippen LogP contribution in [0.2, 0.25) is 5.02 Å². The Kier molecular flexibility index (Phi) is 5.87. The first-order valence-electron chi connectivity index (χ1n) is 9.79. The number of hydrogen-bond acceptors (Lipinski definition) is 3. The van der Waals surface area contributed by atoms with Crippen molar-refractivity contribution in [2.24, 2.45) is 0 Å². The van der Waals surface area contributed by atoms with Crippen molar-refractivity contribution >= 4 is 29.1 Å². The van der Waals surface area contributed by atoms with Gasteiger partial charge in [0.1, 0.15) is 11.6 Å². The van der Waals surface area contributed by atoms with Crippen LogP contribution in [0.1, 0.15) is 22.7 Å². The van der Waals surface area contributed by atoms with Gasteiger partial charge in [-0.1, -0.05) is 54.1 Å². The van der Waals surface area contributed by atoms with Gasteiger partial charge in [0.05, 0.1) is 11.6 Å². The Balaban J connectivity index is 1.79. The maximum absolute atomic E-state index is 13.3. The number of ketones is 1. The van der Waals surface area contributed by atoms with E-state index in [-0.39, 0.29) is 23.4 Å². The molecule has 1 atom stereocenters. The van der Waals surface area contributed by atoms with Crippen molar-refractivity contribution in [3.63, 3.8) is 0 Å². The van der Waals surface area contributed by atoms with Crippen LogP contribution in [0.5, 0.6) is 0 Å². The number of hydrogen-bond donors (Lipinski definition) is 1. The standard InChI is InChI=1S/C25H19ClFNO3/c26-19-8-4-7-18(15-19)22-21(23(29)17-9-11-20(27)12-10-17)24(30)25(31)28(22)14-13-16-5-2-1-3-6-16/h1-12,15,22,29H,13-14H2. The topological polar surface area (TPSA) is 57.6 Å². The minimum atomic E-state index is -0.799. The Morgan fingerprint density at radius 3 is 2.35 bits per heavy atom. The summed E-state index contributed by atoms with van der Waals surface area (Å²) in [5.74, 6) is -2.28. The zero-order valence-electron chi connectivity index (χ0n) is 16.5. The maximum Gasteiger partial charge on any atom is 0.295 e. The van der Waals surface area contributed by atoms with Crippen LogP contribution in [0.25, 0.3) is 5.76 Å². The first-order chi connectivity index (χ1) is 15.0. The van der Waals surface area contributed by atoms with Gasteiger partial charge in [-0.25, -0.2) is 4.39 Å². The van der Waals surface area contributed by atoms with E-state index >= 15 is 0 Å². The number of amides is 1. The van der Waals surface area contributed by atoms with E-state index in [1.165, 1.54) is 29.2 Å². The number of aliphatic hydroxyl groups excluding tert-OH is 1. The van der Waals surface area contributed by atoms with Gasteiger partial charge in [-0.3, -0.25) is 9.59 Å². The van der Waals surface area contributed by atoms with Crippen molar-refractivity contribution in [1.29, 1.82) is 0 Å². The Morgan fingerprint density at radius 2 is 1.68 bits per heavy atom. The van der Waals surface area contributed by atoms with Gasteiger partial charge in [0.2, 0.25) is 0 Å². The van der Waals surface area contributed by atoms with E-state index < -0.39 is 23.5 Å². The average molecular weight is 436 g/mol. The number of halogens is 2. The summed E-state index contributed by atoms with van der Waals surface area (Å²) in [6.07, 6.45) is 0.543. The van der Waals surface area contributed by atoms with E-state index in [4.69, 9.17) is 11.6 Å². The summed E-state index contributed by atoms with van der Waals surface area (Å²) in [6.45, 7) is 0.284. The first kappa shape index (κ1) is 20.8. The summed E-state index contributed by atoms with van der Waals surface area (Å²) in [5.41, 5.74) is 1.86. The third-order valence-electron chi connectivity index (χ3n) is 5.31. The number of likely N-dealkylation sites (tertiary alicyclic amines) is 1. The minimum absolute atomic E-state index is 0.0352. The van der Waals surface area contributed by atoms with E-state index in [9.17, 15) is 19.1 Å². The van der Waals surface area contributed by atoms with Gasteiger partial charge in [0.25, 0.3) is 11.7 Å². The summed E-state index contributed by atoms with van der Waals surface area (Å²) in [4.78, 5) is 27.3. The molecule has 156 valence electrons. The normalized spacial score (nSPS) is 17.9. The molecule has 1 aliphatic heterocycles. The zero-order chi connectivity index (χ0) is 22.0. The molecule has 4 rings (SSSR count). The maximum atomic E-state index is 13.3. The molecular weight excluding hydrogens is 417 g/mol. The van der Waals surface area contributed by atoms with Crippen LogP contribution in [0.3, 0.4) is 0 Å². The van der Waals surface area contributed by atoms with Crippen molar-refractivity contribution in [1.82, 2.24) is 4.90 Å². The van der Waals surface area contributed by atoms with Gasteiger partial charge in [-0.15, -0.1) is 0 Å². The molecular formula is C25H19ClFNO3. The molecule has 0 radical (unpaired) electrons. The first-order valence-corrected chi connectivity index (χ1v) is 10.2. The number of benzene rings is 3. The van der Waals surface area contributed by atoms with E-state index in [1.54, 1.807) is 24.3 Å². The van der Waals surface area contributed by atoms with Gasteiger partial charge in [0.15, 0.2) is 0 Å². The summed E-state index contributed by atoms with van der Waals surface area (Å²) in [7, 11) is 0. The minimum Gasteiger partial charge on any atom is -0.507 e. The number of carbonyl (C=O) groups is 2. The summed E-state index contributed by atoms with van der Waals surface area (Å²) in [6, 6.07) is 20.8. The summed E-state index contributed by atoms with van der Waals surface area (Å²) < 4.78 is 13.3. The van der Waals surface area contributed by atoms with Crippen molar-refractivity contribution in [3.05, 3.63) is 112 Å². The van der Waals surface area contributed by atoms with Crippen LogP contribution in [-0.2, 0) is 16.0 Å². The highest BCUT2D eigenvalue weighted by Gasteiger charge is 2.45. The number of nitrogens with zero attached hydrogens (tertiary/aromatic N) is 1. The van der Waals surface area contributed by atoms with Crippen LogP contribution < -0.4 is 0 Å². The number of aliphatic hydroxyl groups is 1. The smallest absolute Gasteiger partial charge is 0.295 e. The van der Waals surface area contributed by atoms with Crippen molar-refractivity contribution in [2.75, 3.05) is 6.54 Å². The Morgan fingerprint density at radius 1 is 0.968 bits per heavy atom. The second kappa shape index (κ2) is 8.74. The van der Waals surface area contributed by atoms with Crippen molar-refractivity contribution in [2.45, 2.75) is 12.5 Å². The third-order valence-corrected chi connectivity index (χ3v) is 5.54. The molecule has 3 aromatic rings. The largest absolute Gasteiger partial charge is 0.507 e. The van der Waals surface area contributed by atoms with Crippen LogP contribution in [0.15, 0.2) is 84.4 Å². The van der Waals surface area contributed by atoms with E-state index in [0.717, 1.165) is 5.56 Å². The van der Waals surface area contributed by atoms with Gasteiger partial charge in [-0.2, -0.15) is 0 Å². The highest BCUT2D eigenvalue weighted by molar-refractivity contribution is 6.46. The molecule has 1 N–H and O–H groups in total. The predicted molar refractivity (Wildman–Crippen MR) is 117 cm³/mol. The monoisotopic (exact) mass is 435 g/mol. The molecule has 0 spiro atoms. The SMILES string of the molecule is O=C1C(=O)N(CCc2ccccc2)C(c2cccc(Cl)c2)C1=C(O)c1ccc(F)cc1. The molecule has 1 fully saturated rings. The molecule has 6 heteroatoms. The lowest BCUT2D eigenvalue weighted by Gasteiger charge is -2.25. The van der Waals surface area contributed by atoms with Gasteiger partial charge < -0.3 is 10.0 Å². The molecule has 1 saturated heterocycles. The van der Waals surface area contributed by atoms with Crippen LogP contribution in [0.4, 0.5) is 4.39 Å². The molecule has 1 amide bonds. The molecule has 3 aromatic carbocycles. The fourth-order valence-electron chi connectivity index (χ4n) is 3.79. The third kappa shape index (κ3) is 4.23. The molecule has 1 aliphatic rings. The quantitative estimate of drug-likeness (QED) is 0.343. The lowest BCUT2D eigenvalue weighted by molar-refractivity contribution is -0.139. The molecule has 31 heavy (non-hydrogen) atoms. The zero-order valence-corrected chi connectivity index (χ0v) is 17.2. The second-order valence-electron chi connectivity index (χ2n) is 7.29. The predicted octanol–water partition coefficient (Wildman–Crippen LogP) is 5.14. The number of rotatable bonds is 5. The summed E-state index contributed by atoms with van der Waals surface area (Å²) in [5, 5.41) is 11.4. The average Bonchev–Trinajstić information content (AvgIpc) is 3.03. The fraction of sp³-hybridized carbons (Fsp3) is 0.120. The second-order valence-corrected chi connectivity index (χ2v) is 7.73. The molecule has 1 heterocycles. The Bertz CT molecular complexity index is 1160. The fourth-order valence-corrected chi connectivity index (χ4v) is 3.99. The Hall–Kier alpha value is -3.44. The van der Waals surface area contributed by atoms with E-state index in [0.29, 0.717) is 17.0 Å². The lowest BCUT2D eigenvalue weighted by Crippen LogP contribution is -2.31. The molecule has 1 unspecified atom stereocenters. The highest BCUT2D eigenvalue weighted by Crippen LogP contribution is 2.40. The lowest BCUT2D eigenvalue weighted by atomic mass is 9.95. The van der Waals surface area contributed by atoms with Crippen LogP contribution >= 0.6 is 11.6 Å². The van der Waals surface area contributed by atoms with Gasteiger partial charge in [0, 0.05) is 17.1 Å². The van der Waals surface area contributed by atoms with Gasteiger partial charge >= 0.3 is 0 Å². The molecule has 0 aliphatic carbocycles. The molecule has 0 bridgehead atoms. The van der Waals surface area contributed by atoms with E-state index in [2.05, 4.69) is 0 Å². The van der Waals surface area contributed by atoms with E-state index in [1.807, 2.05) is 30.3 Å². The number of carbonyl (C=O) groups excluding carboxylic acids is 2. The number of Topliss-reactive ketones (excluding diaryl/α,β-unsaturated/α-hetero) is 1. The Labute approximate surface area is 184 Å². The molecule has 0 saturated carbocycles. The van der Waals surface area contributed by atoms with Crippen LogP contribution in [-0.4, -0.2) is 28.2 Å². The van der Waals surface area contributed by atoms with Crippen molar-refractivity contribution < 1.29 is 19.1 Å². The van der Waals surface area contributed by atoms with Crippen molar-refractivity contribution in [3.8, 4) is 0 Å². The summed E-state index contributed by atoms with van der Waals surface area (Å²) >= 11 is 6.17. The van der Waals surface area contributed by atoms with Crippen LogP contribution in [0, 0.1) is 5.82 Å².